The Morgan fingerprint density at radius 1 is 1.25 bits per heavy atom. The van der Waals surface area contributed by atoms with Gasteiger partial charge in [-0.15, -0.1) is 11.8 Å². The molecule has 0 bridgehead atoms. The summed E-state index contributed by atoms with van der Waals surface area (Å²) in [6.07, 6.45) is 0. The molecule has 2 nitrogen and oxygen atoms in total. The van der Waals surface area contributed by atoms with Crippen LogP contribution in [0.3, 0.4) is 0 Å². The minimum atomic E-state index is 0.0289. The molecule has 0 atom stereocenters. The van der Waals surface area contributed by atoms with Crippen LogP contribution in [0.15, 0.2) is 47.4 Å². The van der Waals surface area contributed by atoms with Crippen molar-refractivity contribution < 1.29 is 4.79 Å². The van der Waals surface area contributed by atoms with Crippen molar-refractivity contribution in [1.82, 2.24) is 0 Å². The maximum absolute atomic E-state index is 11.6. The molecule has 2 aromatic rings. The molecule has 0 radical (unpaired) electrons. The minimum Gasteiger partial charge on any atom is -0.294 e. The van der Waals surface area contributed by atoms with Crippen LogP contribution in [0.5, 0.6) is 0 Å². The van der Waals surface area contributed by atoms with E-state index in [2.05, 4.69) is 31.2 Å². The fourth-order valence-corrected chi connectivity index (χ4v) is 3.04. The van der Waals surface area contributed by atoms with Gasteiger partial charge >= 0.3 is 0 Å². The average molecular weight is 281 g/mol. The van der Waals surface area contributed by atoms with Gasteiger partial charge in [0.2, 0.25) is 0 Å². The van der Waals surface area contributed by atoms with E-state index in [1.807, 2.05) is 6.07 Å². The molecule has 0 N–H and O–H groups in total. The molecule has 100 valence electrons. The van der Waals surface area contributed by atoms with Crippen molar-refractivity contribution in [3.63, 3.8) is 0 Å². The largest absolute Gasteiger partial charge is 0.294 e. The lowest BCUT2D eigenvalue weighted by atomic mass is 10.1. The summed E-state index contributed by atoms with van der Waals surface area (Å²) in [5, 5.41) is 8.97. The summed E-state index contributed by atoms with van der Waals surface area (Å²) >= 11 is 1.59. The molecular weight excluding hydrogens is 266 g/mol. The van der Waals surface area contributed by atoms with Crippen LogP contribution in [0.2, 0.25) is 0 Å². The van der Waals surface area contributed by atoms with E-state index in [0.29, 0.717) is 11.1 Å². The summed E-state index contributed by atoms with van der Waals surface area (Å²) in [6.45, 7) is 3.61. The summed E-state index contributed by atoms with van der Waals surface area (Å²) in [6, 6.07) is 15.6. The molecule has 2 rings (SSSR count). The Balaban J connectivity index is 2.24. The van der Waals surface area contributed by atoms with Gasteiger partial charge in [-0.2, -0.15) is 5.26 Å². The van der Waals surface area contributed by atoms with Crippen LogP contribution in [-0.2, 0) is 5.75 Å². The standard InChI is InChI=1S/C17H15NOS/c1-12-4-3-5-15(8-12)11-20-17-9-14(10-18)6-7-16(17)13(2)19/h3-9H,11H2,1-2H3. The van der Waals surface area contributed by atoms with E-state index in [1.165, 1.54) is 11.1 Å². The molecule has 0 unspecified atom stereocenters. The fourth-order valence-electron chi connectivity index (χ4n) is 1.97. The molecule has 0 spiro atoms. The van der Waals surface area contributed by atoms with Gasteiger partial charge < -0.3 is 0 Å². The van der Waals surface area contributed by atoms with Crippen LogP contribution in [0.4, 0.5) is 0 Å². The molecule has 0 saturated heterocycles. The van der Waals surface area contributed by atoms with Crippen LogP contribution >= 0.6 is 11.8 Å². The number of carbonyl (C=O) groups excluding carboxylic acids is 1. The SMILES string of the molecule is CC(=O)c1ccc(C#N)cc1SCc1cccc(C)c1. The number of nitriles is 1. The molecule has 20 heavy (non-hydrogen) atoms. The summed E-state index contributed by atoms with van der Waals surface area (Å²) in [5.41, 5.74) is 3.70. The van der Waals surface area contributed by atoms with Crippen LogP contribution < -0.4 is 0 Å². The van der Waals surface area contributed by atoms with E-state index in [-0.39, 0.29) is 5.78 Å². The number of Topliss-reactive ketones (excluding diaryl/α,β-unsaturated/α-hetero) is 1. The van der Waals surface area contributed by atoms with E-state index in [9.17, 15) is 4.79 Å². The number of rotatable bonds is 4. The third-order valence-corrected chi connectivity index (χ3v) is 4.09. The molecule has 0 aliphatic heterocycles. The molecule has 0 fully saturated rings. The highest BCUT2D eigenvalue weighted by Gasteiger charge is 2.09. The van der Waals surface area contributed by atoms with Crippen LogP contribution in [0.1, 0.15) is 34.0 Å². The average Bonchev–Trinajstić information content (AvgIpc) is 2.44. The van der Waals surface area contributed by atoms with Crippen molar-refractivity contribution in [3.8, 4) is 6.07 Å². The number of hydrogen-bond donors (Lipinski definition) is 0. The molecule has 0 heterocycles. The Morgan fingerprint density at radius 2 is 2.05 bits per heavy atom. The Bertz CT molecular complexity index is 686. The van der Waals surface area contributed by atoms with Crippen molar-refractivity contribution in [2.24, 2.45) is 0 Å². The third-order valence-electron chi connectivity index (χ3n) is 2.97. The molecule has 0 aliphatic rings. The van der Waals surface area contributed by atoms with Gasteiger partial charge in [0, 0.05) is 16.2 Å². The smallest absolute Gasteiger partial charge is 0.160 e. The Kier molecular flexibility index (Phi) is 4.60. The van der Waals surface area contributed by atoms with Crippen molar-refractivity contribution >= 4 is 17.5 Å². The van der Waals surface area contributed by atoms with Crippen molar-refractivity contribution in [2.45, 2.75) is 24.5 Å². The topological polar surface area (TPSA) is 40.9 Å². The van der Waals surface area contributed by atoms with Crippen LogP contribution in [-0.4, -0.2) is 5.78 Å². The lowest BCUT2D eigenvalue weighted by Gasteiger charge is -2.08. The van der Waals surface area contributed by atoms with E-state index in [0.717, 1.165) is 10.6 Å². The molecular formula is C17H15NOS. The number of ketones is 1. The predicted octanol–water partition coefficient (Wildman–Crippen LogP) is 4.36. The highest BCUT2D eigenvalue weighted by Crippen LogP contribution is 2.28. The zero-order valence-electron chi connectivity index (χ0n) is 11.5. The van der Waals surface area contributed by atoms with Gasteiger partial charge in [-0.1, -0.05) is 29.8 Å². The zero-order valence-corrected chi connectivity index (χ0v) is 12.3. The first-order valence-electron chi connectivity index (χ1n) is 6.33. The first-order valence-corrected chi connectivity index (χ1v) is 7.32. The Morgan fingerprint density at radius 3 is 2.70 bits per heavy atom. The number of hydrogen-bond acceptors (Lipinski definition) is 3. The second-order valence-electron chi connectivity index (χ2n) is 4.66. The second-order valence-corrected chi connectivity index (χ2v) is 5.67. The normalized spacial score (nSPS) is 10.1. The Labute approximate surface area is 123 Å². The first-order chi connectivity index (χ1) is 9.60. The predicted molar refractivity (Wildman–Crippen MR) is 81.9 cm³/mol. The summed E-state index contributed by atoms with van der Waals surface area (Å²) in [7, 11) is 0. The lowest BCUT2D eigenvalue weighted by Crippen LogP contribution is -1.96. The maximum atomic E-state index is 11.6. The molecule has 2 aromatic carbocycles. The van der Waals surface area contributed by atoms with Crippen molar-refractivity contribution in [1.29, 1.82) is 5.26 Å². The van der Waals surface area contributed by atoms with Gasteiger partial charge in [0.1, 0.15) is 0 Å². The number of nitrogens with zero attached hydrogens (tertiary/aromatic N) is 1. The summed E-state index contributed by atoms with van der Waals surface area (Å²) in [5.74, 6) is 0.817. The molecule has 0 saturated carbocycles. The number of thioether (sulfide) groups is 1. The van der Waals surface area contributed by atoms with Crippen molar-refractivity contribution in [3.05, 3.63) is 64.7 Å². The van der Waals surface area contributed by atoms with Crippen LogP contribution in [0, 0.1) is 18.3 Å². The van der Waals surface area contributed by atoms with Gasteiger partial charge in [0.25, 0.3) is 0 Å². The lowest BCUT2D eigenvalue weighted by molar-refractivity contribution is 0.101. The highest BCUT2D eigenvalue weighted by atomic mass is 32.2. The third kappa shape index (κ3) is 3.49. The summed E-state index contributed by atoms with van der Waals surface area (Å²) in [4.78, 5) is 12.5. The monoisotopic (exact) mass is 281 g/mol. The minimum absolute atomic E-state index is 0.0289. The van der Waals surface area contributed by atoms with Gasteiger partial charge in [-0.05, 0) is 37.6 Å². The molecule has 0 amide bonds. The first kappa shape index (κ1) is 14.4. The quantitative estimate of drug-likeness (QED) is 0.617. The Hall–Kier alpha value is -2.05. The highest BCUT2D eigenvalue weighted by molar-refractivity contribution is 7.98. The van der Waals surface area contributed by atoms with E-state index >= 15 is 0 Å². The van der Waals surface area contributed by atoms with E-state index in [4.69, 9.17) is 5.26 Å². The van der Waals surface area contributed by atoms with Gasteiger partial charge in [0.15, 0.2) is 5.78 Å². The molecule has 0 aromatic heterocycles. The van der Waals surface area contributed by atoms with E-state index < -0.39 is 0 Å². The number of aryl methyl sites for hydroxylation is 1. The number of carbonyl (C=O) groups is 1. The molecule has 3 heteroatoms. The number of benzene rings is 2. The molecule has 0 aliphatic carbocycles. The van der Waals surface area contributed by atoms with E-state index in [1.54, 1.807) is 36.9 Å². The zero-order chi connectivity index (χ0) is 14.5. The van der Waals surface area contributed by atoms with Crippen molar-refractivity contribution in [2.75, 3.05) is 0 Å². The van der Waals surface area contributed by atoms with Crippen LogP contribution in [0.25, 0.3) is 0 Å². The fraction of sp³-hybridized carbons (Fsp3) is 0.176. The summed E-state index contributed by atoms with van der Waals surface area (Å²) < 4.78 is 0. The van der Waals surface area contributed by atoms with Gasteiger partial charge in [-0.3, -0.25) is 4.79 Å². The second kappa shape index (κ2) is 6.40. The van der Waals surface area contributed by atoms with Gasteiger partial charge in [-0.25, -0.2) is 0 Å². The van der Waals surface area contributed by atoms with Gasteiger partial charge in [0.05, 0.1) is 11.6 Å². The maximum Gasteiger partial charge on any atom is 0.160 e.